The van der Waals surface area contributed by atoms with Crippen molar-refractivity contribution in [2.45, 2.75) is 50.7 Å². The third kappa shape index (κ3) is 11.1. The predicted molar refractivity (Wildman–Crippen MR) is 208 cm³/mol. The van der Waals surface area contributed by atoms with Crippen molar-refractivity contribution in [1.82, 2.24) is 25.3 Å². The summed E-state index contributed by atoms with van der Waals surface area (Å²) in [6.45, 7) is 9.45. The molecule has 0 aliphatic carbocycles. The summed E-state index contributed by atoms with van der Waals surface area (Å²) in [6, 6.07) is 7.17. The molecular weight excluding hydrogens is 732 g/mol. The highest BCUT2D eigenvalue weighted by molar-refractivity contribution is 6.36. The van der Waals surface area contributed by atoms with Gasteiger partial charge >= 0.3 is 0 Å². The first-order valence-electron chi connectivity index (χ1n) is 17.8. The second kappa shape index (κ2) is 20.2. The Hall–Kier alpha value is -4.81. The van der Waals surface area contributed by atoms with E-state index >= 15 is 0 Å². The summed E-state index contributed by atoms with van der Waals surface area (Å²) in [5.41, 5.74) is 0.682. The van der Waals surface area contributed by atoms with E-state index in [1.54, 1.807) is 52.8 Å². The standard InChI is InChI=1S/C19H24N4O4.C12H10ClN3O3.C7H15NO/c1-19(26-3)4-6-23(7-5-19)17-13-10-16(27-9-8-25-2)21-12-15(13)22-18(24)14(17)11-20;1-18-2-3-19-10-4-7-9(6-15-10)16-12(17)8(5-14)11(7)13;1-7(9-2)3-5-8-6-4-7/h10,12H,4-9H2,1-3H3,(H,22,24);4,6H,2-3H2,1H3,(H,16,17);8H,3-6H2,1-2H3. The number of fused-ring (bicyclic) bond motifs is 2. The van der Waals surface area contributed by atoms with Gasteiger partial charge in [0, 0.05) is 64.4 Å². The van der Waals surface area contributed by atoms with Crippen LogP contribution in [-0.4, -0.2) is 112 Å². The monoisotopic (exact) mass is 780 g/mol. The molecule has 0 spiro atoms. The molecule has 2 saturated heterocycles. The van der Waals surface area contributed by atoms with Crippen molar-refractivity contribution in [1.29, 1.82) is 10.5 Å². The van der Waals surface area contributed by atoms with Crippen LogP contribution in [0.2, 0.25) is 5.02 Å². The van der Waals surface area contributed by atoms with Crippen LogP contribution in [0.5, 0.6) is 11.8 Å². The van der Waals surface area contributed by atoms with Crippen molar-refractivity contribution in [3.8, 4) is 23.9 Å². The van der Waals surface area contributed by atoms with Gasteiger partial charge in [-0.25, -0.2) is 9.97 Å². The first kappa shape index (κ1) is 42.9. The quantitative estimate of drug-likeness (QED) is 0.183. The maximum absolute atomic E-state index is 12.4. The highest BCUT2D eigenvalue weighted by atomic mass is 35.5. The van der Waals surface area contributed by atoms with Crippen molar-refractivity contribution in [2.75, 3.05) is 85.9 Å². The number of piperidine rings is 2. The molecule has 4 aromatic rings. The maximum Gasteiger partial charge on any atom is 0.268 e. The molecule has 6 rings (SSSR count). The van der Waals surface area contributed by atoms with E-state index < -0.39 is 11.1 Å². The van der Waals surface area contributed by atoms with Gasteiger partial charge in [0.05, 0.1) is 58.6 Å². The SMILES string of the molecule is COC1(C)CCNCC1.COCCOc1cc2c(Cl)c(C#N)c(=O)[nH]c2cn1.COCCOc1cc2c(N3CCC(C)(OC)CC3)c(C#N)c(=O)[nH]c2cn1. The number of nitriles is 2. The summed E-state index contributed by atoms with van der Waals surface area (Å²) in [5, 5.41) is 23.1. The lowest BCUT2D eigenvalue weighted by Crippen LogP contribution is -2.44. The Morgan fingerprint density at radius 3 is 1.69 bits per heavy atom. The smallest absolute Gasteiger partial charge is 0.268 e. The van der Waals surface area contributed by atoms with Gasteiger partial charge in [-0.3, -0.25) is 9.59 Å². The van der Waals surface area contributed by atoms with Gasteiger partial charge in [0.25, 0.3) is 11.1 Å². The molecule has 2 aliphatic rings. The van der Waals surface area contributed by atoms with Gasteiger partial charge in [-0.1, -0.05) is 11.6 Å². The zero-order valence-electron chi connectivity index (χ0n) is 32.2. The van der Waals surface area contributed by atoms with E-state index in [2.05, 4.69) is 50.1 Å². The van der Waals surface area contributed by atoms with E-state index in [4.69, 9.17) is 45.3 Å². The zero-order valence-corrected chi connectivity index (χ0v) is 32.9. The van der Waals surface area contributed by atoms with Crippen LogP contribution >= 0.6 is 11.6 Å². The molecule has 2 fully saturated rings. The molecule has 3 N–H and O–H groups in total. The number of hydrogen-bond acceptors (Lipinski definition) is 14. The van der Waals surface area contributed by atoms with Crippen molar-refractivity contribution >= 4 is 39.1 Å². The number of anilines is 1. The van der Waals surface area contributed by atoms with E-state index in [0.717, 1.165) is 44.2 Å². The molecule has 4 aromatic heterocycles. The summed E-state index contributed by atoms with van der Waals surface area (Å²) in [7, 11) is 6.68. The fraction of sp³-hybridized carbons (Fsp3) is 0.526. The first-order chi connectivity index (χ1) is 26.4. The number of hydrogen-bond donors (Lipinski definition) is 3. The van der Waals surface area contributed by atoms with Crippen LogP contribution in [0.1, 0.15) is 50.7 Å². The molecule has 296 valence electrons. The molecular formula is C38H49ClN8O8. The zero-order chi connectivity index (χ0) is 40.0. The summed E-state index contributed by atoms with van der Waals surface area (Å²) in [6.07, 6.45) is 6.90. The molecule has 0 bridgehead atoms. The lowest BCUT2D eigenvalue weighted by molar-refractivity contribution is -0.0178. The Morgan fingerprint density at radius 1 is 0.745 bits per heavy atom. The minimum Gasteiger partial charge on any atom is -0.475 e. The third-order valence-electron chi connectivity index (χ3n) is 9.74. The van der Waals surface area contributed by atoms with E-state index in [-0.39, 0.29) is 27.4 Å². The number of aromatic nitrogens is 4. The van der Waals surface area contributed by atoms with Gasteiger partial charge in [0.2, 0.25) is 11.8 Å². The van der Waals surface area contributed by atoms with Gasteiger partial charge in [0.15, 0.2) is 0 Å². The van der Waals surface area contributed by atoms with Crippen molar-refractivity contribution in [3.63, 3.8) is 0 Å². The molecule has 17 heteroatoms. The van der Waals surface area contributed by atoms with Crippen LogP contribution in [0, 0.1) is 22.7 Å². The normalized spacial score (nSPS) is 15.8. The number of pyridine rings is 4. The number of halogens is 1. The Bertz CT molecular complexity index is 2100. The fourth-order valence-corrected chi connectivity index (χ4v) is 6.30. The average Bonchev–Trinajstić information content (AvgIpc) is 3.19. The summed E-state index contributed by atoms with van der Waals surface area (Å²) >= 11 is 6.03. The second-order valence-electron chi connectivity index (χ2n) is 13.4. The average molecular weight is 781 g/mol. The number of methoxy groups -OCH3 is 4. The van der Waals surface area contributed by atoms with E-state index in [1.807, 2.05) is 0 Å². The Morgan fingerprint density at radius 2 is 1.22 bits per heavy atom. The van der Waals surface area contributed by atoms with E-state index in [9.17, 15) is 14.9 Å². The first-order valence-corrected chi connectivity index (χ1v) is 18.2. The van der Waals surface area contributed by atoms with Gasteiger partial charge in [0.1, 0.15) is 36.5 Å². The molecule has 0 unspecified atom stereocenters. The molecule has 55 heavy (non-hydrogen) atoms. The van der Waals surface area contributed by atoms with Crippen LogP contribution in [0.3, 0.4) is 0 Å². The van der Waals surface area contributed by atoms with E-state index in [0.29, 0.717) is 73.4 Å². The number of nitrogens with zero attached hydrogens (tertiary/aromatic N) is 5. The second-order valence-corrected chi connectivity index (χ2v) is 13.8. The molecule has 0 amide bonds. The predicted octanol–water partition coefficient (Wildman–Crippen LogP) is 4.07. The van der Waals surface area contributed by atoms with Gasteiger partial charge < -0.3 is 48.6 Å². The minimum absolute atomic E-state index is 0.0974. The van der Waals surface area contributed by atoms with Crippen molar-refractivity contribution in [2.24, 2.45) is 0 Å². The molecule has 0 aromatic carbocycles. The van der Waals surface area contributed by atoms with Crippen LogP contribution in [-0.2, 0) is 18.9 Å². The number of H-pyrrole nitrogens is 2. The maximum atomic E-state index is 12.4. The molecule has 0 atom stereocenters. The molecule has 6 heterocycles. The van der Waals surface area contributed by atoms with Gasteiger partial charge in [-0.2, -0.15) is 10.5 Å². The third-order valence-corrected chi connectivity index (χ3v) is 10.1. The molecule has 0 radical (unpaired) electrons. The molecule has 0 saturated carbocycles. The van der Waals surface area contributed by atoms with Gasteiger partial charge in [-0.05, 0) is 52.6 Å². The van der Waals surface area contributed by atoms with Crippen molar-refractivity contribution in [3.05, 3.63) is 61.4 Å². The van der Waals surface area contributed by atoms with Crippen molar-refractivity contribution < 1.29 is 28.4 Å². The lowest BCUT2D eigenvalue weighted by Gasteiger charge is -2.40. The topological polar surface area (TPSA) is 210 Å². The number of rotatable bonds is 11. The van der Waals surface area contributed by atoms with Gasteiger partial charge in [-0.15, -0.1) is 0 Å². The van der Waals surface area contributed by atoms with E-state index in [1.165, 1.54) is 6.20 Å². The largest absolute Gasteiger partial charge is 0.475 e. The number of nitrogens with one attached hydrogen (secondary N) is 3. The lowest BCUT2D eigenvalue weighted by atomic mass is 9.92. The van der Waals surface area contributed by atoms with Crippen LogP contribution in [0.15, 0.2) is 34.1 Å². The number of ether oxygens (including phenoxy) is 6. The summed E-state index contributed by atoms with van der Waals surface area (Å²) < 4.78 is 31.7. The Labute approximate surface area is 324 Å². The Kier molecular flexibility index (Phi) is 15.8. The molecule has 16 nitrogen and oxygen atoms in total. The van der Waals surface area contributed by atoms with Crippen LogP contribution in [0.25, 0.3) is 21.8 Å². The van der Waals surface area contributed by atoms with Crippen LogP contribution in [0.4, 0.5) is 5.69 Å². The van der Waals surface area contributed by atoms with Crippen LogP contribution < -0.4 is 30.8 Å². The molecule has 2 aliphatic heterocycles. The Balaban J connectivity index is 0.000000207. The highest BCUT2D eigenvalue weighted by Gasteiger charge is 2.32. The summed E-state index contributed by atoms with van der Waals surface area (Å²) in [4.78, 5) is 39.6. The highest BCUT2D eigenvalue weighted by Crippen LogP contribution is 2.34. The minimum atomic E-state index is -0.533. The number of aromatic amines is 2. The fourth-order valence-electron chi connectivity index (χ4n) is 6.01. The summed E-state index contributed by atoms with van der Waals surface area (Å²) in [5.74, 6) is 0.776.